The van der Waals surface area contributed by atoms with Gasteiger partial charge in [0.2, 0.25) is 15.9 Å². The van der Waals surface area contributed by atoms with Crippen LogP contribution >= 0.6 is 0 Å². The van der Waals surface area contributed by atoms with E-state index < -0.39 is 15.8 Å². The average molecular weight is 393 g/mol. The number of carbonyl (C=O) groups excluding carboxylic acids is 1. The molecule has 0 spiro atoms. The molecule has 0 saturated heterocycles. The van der Waals surface area contributed by atoms with E-state index in [1.807, 2.05) is 6.92 Å². The van der Waals surface area contributed by atoms with E-state index >= 15 is 0 Å². The highest BCUT2D eigenvalue weighted by Gasteiger charge is 2.19. The molecule has 27 heavy (non-hydrogen) atoms. The van der Waals surface area contributed by atoms with Crippen molar-refractivity contribution in [2.75, 3.05) is 30.8 Å². The number of unbranched alkanes of at least 4 members (excludes halogenated alkanes) is 1. The van der Waals surface area contributed by atoms with Gasteiger partial charge in [-0.3, -0.25) is 4.79 Å². The number of carbonyl (C=O) groups is 1. The standard InChI is InChI=1S/C19H24FN3O3S/c1-3-4-12-23(2)27(25,26)18-10-8-16(9-11-18)21-14-19(24)22-17-7-5-6-15(20)13-17/h5-11,13,21H,3-4,12,14H2,1-2H3,(H,22,24). The minimum atomic E-state index is -3.51. The van der Waals surface area contributed by atoms with Crippen molar-refractivity contribution in [3.63, 3.8) is 0 Å². The van der Waals surface area contributed by atoms with E-state index in [1.165, 1.54) is 34.6 Å². The Bertz CT molecular complexity index is 870. The zero-order valence-corrected chi connectivity index (χ0v) is 16.2. The number of halogens is 1. The lowest BCUT2D eigenvalue weighted by molar-refractivity contribution is -0.114. The number of hydrogen-bond donors (Lipinski definition) is 2. The second kappa shape index (κ2) is 9.48. The molecule has 2 rings (SSSR count). The fraction of sp³-hybridized carbons (Fsp3) is 0.316. The van der Waals surface area contributed by atoms with Gasteiger partial charge < -0.3 is 10.6 Å². The van der Waals surface area contributed by atoms with Gasteiger partial charge in [-0.05, 0) is 48.9 Å². The third kappa shape index (κ3) is 6.04. The topological polar surface area (TPSA) is 78.5 Å². The first-order valence-corrected chi connectivity index (χ1v) is 10.1. The quantitative estimate of drug-likeness (QED) is 0.685. The number of amides is 1. The van der Waals surface area contributed by atoms with Gasteiger partial charge in [0, 0.05) is 25.0 Å². The SMILES string of the molecule is CCCCN(C)S(=O)(=O)c1ccc(NCC(=O)Nc2cccc(F)c2)cc1. The molecule has 0 aliphatic carbocycles. The van der Waals surface area contributed by atoms with Crippen molar-refractivity contribution in [3.05, 3.63) is 54.3 Å². The van der Waals surface area contributed by atoms with Crippen molar-refractivity contribution < 1.29 is 17.6 Å². The van der Waals surface area contributed by atoms with Crippen molar-refractivity contribution in [3.8, 4) is 0 Å². The van der Waals surface area contributed by atoms with E-state index in [9.17, 15) is 17.6 Å². The fourth-order valence-corrected chi connectivity index (χ4v) is 3.59. The first-order chi connectivity index (χ1) is 12.8. The largest absolute Gasteiger partial charge is 0.376 e. The first kappa shape index (κ1) is 20.9. The van der Waals surface area contributed by atoms with Gasteiger partial charge >= 0.3 is 0 Å². The van der Waals surface area contributed by atoms with Crippen molar-refractivity contribution in [2.45, 2.75) is 24.7 Å². The smallest absolute Gasteiger partial charge is 0.243 e. The summed E-state index contributed by atoms with van der Waals surface area (Å²) in [5.41, 5.74) is 0.984. The predicted octanol–water partition coefficient (Wildman–Crippen LogP) is 3.30. The molecule has 0 unspecified atom stereocenters. The Hall–Kier alpha value is -2.45. The summed E-state index contributed by atoms with van der Waals surface area (Å²) in [6.45, 7) is 2.45. The molecule has 2 aromatic carbocycles. The van der Waals surface area contributed by atoms with Crippen molar-refractivity contribution in [2.24, 2.45) is 0 Å². The average Bonchev–Trinajstić information content (AvgIpc) is 2.64. The molecule has 8 heteroatoms. The number of nitrogens with zero attached hydrogens (tertiary/aromatic N) is 1. The van der Waals surface area contributed by atoms with Gasteiger partial charge in [-0.2, -0.15) is 0 Å². The molecule has 0 bridgehead atoms. The van der Waals surface area contributed by atoms with Crippen LogP contribution in [0.25, 0.3) is 0 Å². The third-order valence-corrected chi connectivity index (χ3v) is 5.82. The molecule has 1 amide bonds. The normalized spacial score (nSPS) is 11.4. The Balaban J connectivity index is 1.92. The van der Waals surface area contributed by atoms with Crippen LogP contribution in [-0.4, -0.2) is 38.8 Å². The number of benzene rings is 2. The number of rotatable bonds is 9. The Morgan fingerprint density at radius 1 is 1.11 bits per heavy atom. The monoisotopic (exact) mass is 393 g/mol. The fourth-order valence-electron chi connectivity index (χ4n) is 2.38. The lowest BCUT2D eigenvalue weighted by atomic mass is 10.3. The van der Waals surface area contributed by atoms with E-state index in [-0.39, 0.29) is 17.3 Å². The first-order valence-electron chi connectivity index (χ1n) is 8.68. The predicted molar refractivity (Wildman–Crippen MR) is 105 cm³/mol. The van der Waals surface area contributed by atoms with Crippen LogP contribution in [0.4, 0.5) is 15.8 Å². The maximum Gasteiger partial charge on any atom is 0.243 e. The van der Waals surface area contributed by atoms with Gasteiger partial charge in [-0.15, -0.1) is 0 Å². The van der Waals surface area contributed by atoms with Gasteiger partial charge in [-0.1, -0.05) is 19.4 Å². The van der Waals surface area contributed by atoms with Crippen LogP contribution < -0.4 is 10.6 Å². The van der Waals surface area contributed by atoms with Gasteiger partial charge in [-0.25, -0.2) is 17.1 Å². The highest BCUT2D eigenvalue weighted by Crippen LogP contribution is 2.18. The second-order valence-electron chi connectivity index (χ2n) is 6.12. The highest BCUT2D eigenvalue weighted by atomic mass is 32.2. The summed E-state index contributed by atoms with van der Waals surface area (Å²) in [5, 5.41) is 5.49. The molecule has 0 heterocycles. The minimum absolute atomic E-state index is 0.0288. The molecule has 2 N–H and O–H groups in total. The highest BCUT2D eigenvalue weighted by molar-refractivity contribution is 7.89. The number of sulfonamides is 1. The summed E-state index contributed by atoms with van der Waals surface area (Å²) in [7, 11) is -1.95. The van der Waals surface area contributed by atoms with E-state index in [4.69, 9.17) is 0 Å². The molecule has 0 aliphatic rings. The molecule has 0 aliphatic heterocycles. The summed E-state index contributed by atoms with van der Waals surface area (Å²) >= 11 is 0. The Morgan fingerprint density at radius 2 is 1.81 bits per heavy atom. The van der Waals surface area contributed by atoms with Crippen LogP contribution in [0.3, 0.4) is 0 Å². The molecule has 2 aromatic rings. The summed E-state index contributed by atoms with van der Waals surface area (Å²) < 4.78 is 39.4. The maximum atomic E-state index is 13.1. The lowest BCUT2D eigenvalue weighted by Gasteiger charge is -2.17. The molecule has 0 atom stereocenters. The van der Waals surface area contributed by atoms with E-state index in [0.29, 0.717) is 17.9 Å². The van der Waals surface area contributed by atoms with Gasteiger partial charge in [0.15, 0.2) is 0 Å². The Morgan fingerprint density at radius 3 is 2.44 bits per heavy atom. The van der Waals surface area contributed by atoms with Crippen LogP contribution in [0.1, 0.15) is 19.8 Å². The molecular formula is C19H24FN3O3S. The maximum absolute atomic E-state index is 13.1. The van der Waals surface area contributed by atoms with Gasteiger partial charge in [0.05, 0.1) is 11.4 Å². The Labute approximate surface area is 159 Å². The van der Waals surface area contributed by atoms with Crippen LogP contribution in [0.15, 0.2) is 53.4 Å². The van der Waals surface area contributed by atoms with E-state index in [0.717, 1.165) is 12.8 Å². The van der Waals surface area contributed by atoms with E-state index in [1.54, 1.807) is 25.2 Å². The molecule has 146 valence electrons. The Kier molecular flexibility index (Phi) is 7.32. The molecule has 0 aromatic heterocycles. The number of anilines is 2. The zero-order chi connectivity index (χ0) is 19.9. The van der Waals surface area contributed by atoms with Crippen LogP contribution in [0.5, 0.6) is 0 Å². The number of hydrogen-bond acceptors (Lipinski definition) is 4. The van der Waals surface area contributed by atoms with Crippen LogP contribution in [-0.2, 0) is 14.8 Å². The van der Waals surface area contributed by atoms with Crippen molar-refractivity contribution in [1.29, 1.82) is 0 Å². The minimum Gasteiger partial charge on any atom is -0.376 e. The summed E-state index contributed by atoms with van der Waals surface area (Å²) in [5.74, 6) is -0.766. The molecule has 0 fully saturated rings. The molecule has 0 radical (unpaired) electrons. The van der Waals surface area contributed by atoms with Crippen molar-refractivity contribution in [1.82, 2.24) is 4.31 Å². The van der Waals surface area contributed by atoms with Gasteiger partial charge in [0.25, 0.3) is 0 Å². The lowest BCUT2D eigenvalue weighted by Crippen LogP contribution is -2.28. The molecule has 6 nitrogen and oxygen atoms in total. The molecule has 0 saturated carbocycles. The van der Waals surface area contributed by atoms with Crippen molar-refractivity contribution >= 4 is 27.3 Å². The number of nitrogens with one attached hydrogen (secondary N) is 2. The third-order valence-electron chi connectivity index (χ3n) is 3.95. The van der Waals surface area contributed by atoms with Crippen LogP contribution in [0, 0.1) is 5.82 Å². The zero-order valence-electron chi connectivity index (χ0n) is 15.4. The van der Waals surface area contributed by atoms with Crippen LogP contribution in [0.2, 0.25) is 0 Å². The molecular weight excluding hydrogens is 369 g/mol. The van der Waals surface area contributed by atoms with Gasteiger partial charge in [0.1, 0.15) is 5.82 Å². The summed E-state index contributed by atoms with van der Waals surface area (Å²) in [6.07, 6.45) is 1.72. The summed E-state index contributed by atoms with van der Waals surface area (Å²) in [4.78, 5) is 12.1. The second-order valence-corrected chi connectivity index (χ2v) is 8.16. The van der Waals surface area contributed by atoms with E-state index in [2.05, 4.69) is 10.6 Å². The summed E-state index contributed by atoms with van der Waals surface area (Å²) in [6, 6.07) is 11.8.